The van der Waals surface area contributed by atoms with Gasteiger partial charge in [0, 0.05) is 23.7 Å². The van der Waals surface area contributed by atoms with Crippen LogP contribution in [-0.2, 0) is 18.0 Å². The molecule has 0 bridgehead atoms. The van der Waals surface area contributed by atoms with Crippen molar-refractivity contribution in [3.63, 3.8) is 0 Å². The molecule has 1 N–H and O–H groups in total. The van der Waals surface area contributed by atoms with Gasteiger partial charge in [0.2, 0.25) is 0 Å². The van der Waals surface area contributed by atoms with E-state index in [9.17, 15) is 10.1 Å². The molecule has 110 valence electrons. The number of benzene rings is 2. The molecule has 2 rings (SSSR count). The molecule has 0 aliphatic carbocycles. The van der Waals surface area contributed by atoms with Crippen molar-refractivity contribution >= 4 is 23.0 Å². The SMILES string of the molecule is CNc1c(COCc2ccc(Cl)cc2)cccc1[N+](=O)[O-]. The Morgan fingerprint density at radius 1 is 1.19 bits per heavy atom. The molecule has 0 amide bonds. The van der Waals surface area contributed by atoms with E-state index in [0.29, 0.717) is 23.9 Å². The molecule has 0 aliphatic rings. The zero-order valence-corrected chi connectivity index (χ0v) is 12.3. The van der Waals surface area contributed by atoms with Crippen molar-refractivity contribution in [1.29, 1.82) is 0 Å². The van der Waals surface area contributed by atoms with E-state index in [-0.39, 0.29) is 5.69 Å². The average Bonchev–Trinajstić information content (AvgIpc) is 2.49. The van der Waals surface area contributed by atoms with E-state index in [1.807, 2.05) is 12.1 Å². The Kier molecular flexibility index (Phi) is 5.14. The van der Waals surface area contributed by atoms with E-state index in [2.05, 4.69) is 5.32 Å². The largest absolute Gasteiger partial charge is 0.382 e. The van der Waals surface area contributed by atoms with Gasteiger partial charge in [-0.25, -0.2) is 0 Å². The van der Waals surface area contributed by atoms with E-state index in [1.54, 1.807) is 31.3 Å². The van der Waals surface area contributed by atoms with Crippen molar-refractivity contribution in [2.24, 2.45) is 0 Å². The zero-order chi connectivity index (χ0) is 15.2. The van der Waals surface area contributed by atoms with Gasteiger partial charge in [-0.1, -0.05) is 35.9 Å². The quantitative estimate of drug-likeness (QED) is 0.647. The summed E-state index contributed by atoms with van der Waals surface area (Å²) in [6.45, 7) is 0.712. The minimum atomic E-state index is -0.408. The number of nitrogens with one attached hydrogen (secondary N) is 1. The maximum atomic E-state index is 11.0. The highest BCUT2D eigenvalue weighted by atomic mass is 35.5. The first-order chi connectivity index (χ1) is 10.1. The Balaban J connectivity index is 2.04. The molecule has 6 heteroatoms. The number of para-hydroxylation sites is 1. The lowest BCUT2D eigenvalue weighted by atomic mass is 10.1. The molecular formula is C15H15ClN2O3. The first kappa shape index (κ1) is 15.3. The first-order valence-electron chi connectivity index (χ1n) is 6.38. The summed E-state index contributed by atoms with van der Waals surface area (Å²) < 4.78 is 5.62. The number of hydrogen-bond donors (Lipinski definition) is 1. The van der Waals surface area contributed by atoms with Crippen LogP contribution in [0.2, 0.25) is 5.02 Å². The zero-order valence-electron chi connectivity index (χ0n) is 11.5. The monoisotopic (exact) mass is 306 g/mol. The lowest BCUT2D eigenvalue weighted by Gasteiger charge is -2.10. The maximum Gasteiger partial charge on any atom is 0.292 e. The third-order valence-corrected chi connectivity index (χ3v) is 3.27. The average molecular weight is 307 g/mol. The predicted octanol–water partition coefficient (Wildman–Crippen LogP) is 4.01. The summed E-state index contributed by atoms with van der Waals surface area (Å²) >= 11 is 5.82. The van der Waals surface area contributed by atoms with Crippen molar-refractivity contribution < 1.29 is 9.66 Å². The van der Waals surface area contributed by atoms with Crippen LogP contribution in [0.3, 0.4) is 0 Å². The number of nitro groups is 1. The van der Waals surface area contributed by atoms with Crippen molar-refractivity contribution in [1.82, 2.24) is 0 Å². The third kappa shape index (κ3) is 3.93. The molecule has 0 aromatic heterocycles. The molecule has 2 aromatic rings. The van der Waals surface area contributed by atoms with Crippen LogP contribution in [0.4, 0.5) is 11.4 Å². The van der Waals surface area contributed by atoms with Crippen LogP contribution in [0, 0.1) is 10.1 Å². The number of nitro benzene ring substituents is 1. The van der Waals surface area contributed by atoms with Crippen LogP contribution in [0.25, 0.3) is 0 Å². The fourth-order valence-electron chi connectivity index (χ4n) is 2.01. The molecule has 0 aliphatic heterocycles. The van der Waals surface area contributed by atoms with Crippen LogP contribution in [-0.4, -0.2) is 12.0 Å². The summed E-state index contributed by atoms with van der Waals surface area (Å²) in [5.74, 6) is 0. The second kappa shape index (κ2) is 7.06. The molecule has 0 saturated heterocycles. The van der Waals surface area contributed by atoms with E-state index in [4.69, 9.17) is 16.3 Å². The fraction of sp³-hybridized carbons (Fsp3) is 0.200. The van der Waals surface area contributed by atoms with E-state index < -0.39 is 4.92 Å². The van der Waals surface area contributed by atoms with Crippen LogP contribution in [0.1, 0.15) is 11.1 Å². The Hall–Kier alpha value is -2.11. The standard InChI is InChI=1S/C15H15ClN2O3/c1-17-15-12(3-2-4-14(15)18(19)20)10-21-9-11-5-7-13(16)8-6-11/h2-8,17H,9-10H2,1H3. The maximum absolute atomic E-state index is 11.0. The van der Waals surface area contributed by atoms with Gasteiger partial charge in [-0.2, -0.15) is 0 Å². The molecule has 0 heterocycles. The highest BCUT2D eigenvalue weighted by Gasteiger charge is 2.15. The molecule has 0 spiro atoms. The highest BCUT2D eigenvalue weighted by molar-refractivity contribution is 6.30. The Labute approximate surface area is 127 Å². The van der Waals surface area contributed by atoms with Crippen LogP contribution in [0.5, 0.6) is 0 Å². The van der Waals surface area contributed by atoms with Crippen LogP contribution in [0.15, 0.2) is 42.5 Å². The van der Waals surface area contributed by atoms with Gasteiger partial charge in [-0.3, -0.25) is 10.1 Å². The summed E-state index contributed by atoms with van der Waals surface area (Å²) in [7, 11) is 1.66. The van der Waals surface area contributed by atoms with Gasteiger partial charge in [0.1, 0.15) is 5.69 Å². The Bertz CT molecular complexity index is 629. The molecule has 0 radical (unpaired) electrons. The fourth-order valence-corrected chi connectivity index (χ4v) is 2.13. The Morgan fingerprint density at radius 3 is 2.52 bits per heavy atom. The highest BCUT2D eigenvalue weighted by Crippen LogP contribution is 2.28. The number of rotatable bonds is 6. The molecule has 0 saturated carbocycles. The van der Waals surface area contributed by atoms with Crippen molar-refractivity contribution in [3.05, 3.63) is 68.7 Å². The summed E-state index contributed by atoms with van der Waals surface area (Å²) in [4.78, 5) is 10.6. The van der Waals surface area contributed by atoms with Gasteiger partial charge < -0.3 is 10.1 Å². The molecule has 0 unspecified atom stereocenters. The van der Waals surface area contributed by atoms with E-state index in [0.717, 1.165) is 11.1 Å². The van der Waals surface area contributed by atoms with Crippen LogP contribution >= 0.6 is 11.6 Å². The van der Waals surface area contributed by atoms with E-state index in [1.165, 1.54) is 6.07 Å². The van der Waals surface area contributed by atoms with Gasteiger partial charge in [0.25, 0.3) is 5.69 Å². The van der Waals surface area contributed by atoms with Gasteiger partial charge in [-0.05, 0) is 17.7 Å². The topological polar surface area (TPSA) is 64.4 Å². The molecule has 21 heavy (non-hydrogen) atoms. The minimum absolute atomic E-state index is 0.0464. The molecule has 5 nitrogen and oxygen atoms in total. The number of nitrogens with zero attached hydrogens (tertiary/aromatic N) is 1. The van der Waals surface area contributed by atoms with Gasteiger partial charge in [-0.15, -0.1) is 0 Å². The predicted molar refractivity (Wildman–Crippen MR) is 82.6 cm³/mol. The summed E-state index contributed by atoms with van der Waals surface area (Å²) in [6, 6.07) is 12.3. The molecular weight excluding hydrogens is 292 g/mol. The third-order valence-electron chi connectivity index (χ3n) is 3.02. The minimum Gasteiger partial charge on any atom is -0.382 e. The number of anilines is 1. The number of hydrogen-bond acceptors (Lipinski definition) is 4. The molecule has 0 fully saturated rings. The summed E-state index contributed by atoms with van der Waals surface area (Å²) in [5, 5.41) is 14.5. The Morgan fingerprint density at radius 2 is 1.90 bits per heavy atom. The summed E-state index contributed by atoms with van der Waals surface area (Å²) in [5.41, 5.74) is 2.28. The summed E-state index contributed by atoms with van der Waals surface area (Å²) in [6.07, 6.45) is 0. The lowest BCUT2D eigenvalue weighted by Crippen LogP contribution is -2.02. The van der Waals surface area contributed by atoms with Crippen molar-refractivity contribution in [2.75, 3.05) is 12.4 Å². The lowest BCUT2D eigenvalue weighted by molar-refractivity contribution is -0.384. The van der Waals surface area contributed by atoms with Crippen molar-refractivity contribution in [2.45, 2.75) is 13.2 Å². The van der Waals surface area contributed by atoms with Gasteiger partial charge >= 0.3 is 0 Å². The molecule has 0 atom stereocenters. The second-order valence-corrected chi connectivity index (χ2v) is 4.87. The normalized spacial score (nSPS) is 10.4. The van der Waals surface area contributed by atoms with Gasteiger partial charge in [0.15, 0.2) is 0 Å². The number of ether oxygens (including phenoxy) is 1. The first-order valence-corrected chi connectivity index (χ1v) is 6.76. The molecule has 2 aromatic carbocycles. The van der Waals surface area contributed by atoms with Crippen molar-refractivity contribution in [3.8, 4) is 0 Å². The second-order valence-electron chi connectivity index (χ2n) is 4.44. The van der Waals surface area contributed by atoms with E-state index >= 15 is 0 Å². The number of halogens is 1. The smallest absolute Gasteiger partial charge is 0.292 e. The van der Waals surface area contributed by atoms with Gasteiger partial charge in [0.05, 0.1) is 18.1 Å². The van der Waals surface area contributed by atoms with Crippen LogP contribution < -0.4 is 5.32 Å².